The van der Waals surface area contributed by atoms with E-state index in [9.17, 15) is 5.26 Å². The quantitative estimate of drug-likeness (QED) is 0.174. The first-order valence-corrected chi connectivity index (χ1v) is 18.7. The molecule has 0 aliphatic carbocycles. The number of aromatic nitrogens is 5. The maximum Gasteiger partial charge on any atom is 0.167 e. The van der Waals surface area contributed by atoms with Crippen LogP contribution in [0.5, 0.6) is 0 Å². The lowest BCUT2D eigenvalue weighted by atomic mass is 10.1. The fourth-order valence-corrected chi connectivity index (χ4v) is 8.34. The monoisotopic (exact) mass is 764 g/mol. The number of nitriles is 1. The lowest BCUT2D eigenvalue weighted by Gasteiger charge is -2.13. The second kappa shape index (κ2) is 12.8. The van der Waals surface area contributed by atoms with Gasteiger partial charge in [-0.1, -0.05) is 121 Å². The molecule has 0 N–H and O–H groups in total. The summed E-state index contributed by atoms with van der Waals surface area (Å²) in [5.41, 5.74) is 5.12. The summed E-state index contributed by atoms with van der Waals surface area (Å²) >= 11 is 0. The van der Waals surface area contributed by atoms with Gasteiger partial charge in [0.15, 0.2) is 17.5 Å². The van der Waals surface area contributed by atoms with E-state index in [0.29, 0.717) is 44.5 Å². The van der Waals surface area contributed by atoms with Crippen LogP contribution in [0, 0.1) is 11.3 Å². The number of benzene rings is 8. The van der Waals surface area contributed by atoms with E-state index in [4.69, 9.17) is 33.1 Å². The van der Waals surface area contributed by atoms with Gasteiger partial charge >= 0.3 is 0 Å². The van der Waals surface area contributed by atoms with E-state index in [1.54, 1.807) is 28.8 Å². The van der Waals surface area contributed by atoms with Crippen LogP contribution in [-0.4, -0.2) is 24.1 Å². The summed E-state index contributed by atoms with van der Waals surface area (Å²) < 4.78 is 96.2. The number of nitrogens with zero attached hydrogens (tertiary/aromatic N) is 6. The number of furan rings is 1. The molecule has 7 heteroatoms. The molecule has 12 aromatic rings. The minimum absolute atomic E-state index is 0.00698. The molecule has 0 saturated carbocycles. The Morgan fingerprint density at radius 3 is 1.98 bits per heavy atom. The number of para-hydroxylation sites is 5. The molecule has 7 nitrogen and oxygen atoms in total. The van der Waals surface area contributed by atoms with Crippen LogP contribution < -0.4 is 0 Å². The van der Waals surface area contributed by atoms with Crippen molar-refractivity contribution in [2.45, 2.75) is 0 Å². The molecule has 0 aliphatic rings. The summed E-state index contributed by atoms with van der Waals surface area (Å²) in [6, 6.07) is 35.0. The lowest BCUT2D eigenvalue weighted by Crippen LogP contribution is -2.02. The number of fused-ring (bicyclic) bond motifs is 10. The molecule has 0 bridgehead atoms. The Labute approximate surface area is 351 Å². The van der Waals surface area contributed by atoms with E-state index in [-0.39, 0.29) is 46.4 Å². The molecule has 274 valence electrons. The molecule has 0 amide bonds. The van der Waals surface area contributed by atoms with E-state index in [0.717, 1.165) is 37.8 Å². The Bertz CT molecular complexity index is 4250. The first-order valence-electron chi connectivity index (χ1n) is 23.7. The van der Waals surface area contributed by atoms with Gasteiger partial charge in [-0.25, -0.2) is 15.0 Å². The van der Waals surface area contributed by atoms with Gasteiger partial charge in [0.05, 0.1) is 52.6 Å². The Hall–Kier alpha value is -8.34. The van der Waals surface area contributed by atoms with Gasteiger partial charge in [-0.3, -0.25) is 0 Å². The smallest absolute Gasteiger partial charge is 0.167 e. The van der Waals surface area contributed by atoms with Crippen molar-refractivity contribution in [2.75, 3.05) is 0 Å². The summed E-state index contributed by atoms with van der Waals surface area (Å²) in [5, 5.41) is 15.9. The molecule has 8 aromatic carbocycles. The first-order chi connectivity index (χ1) is 33.4. The zero-order valence-corrected chi connectivity index (χ0v) is 30.6. The Morgan fingerprint density at radius 2 is 1.19 bits per heavy atom. The molecule has 4 aromatic heterocycles. The normalized spacial score (nSPS) is 14.1. The number of hydrogen-bond acceptors (Lipinski definition) is 5. The summed E-state index contributed by atoms with van der Waals surface area (Å²) in [4.78, 5) is 14.4. The van der Waals surface area contributed by atoms with Crippen LogP contribution in [0.4, 0.5) is 0 Å². The first kappa shape index (κ1) is 24.3. The van der Waals surface area contributed by atoms with Crippen molar-refractivity contribution in [2.24, 2.45) is 0 Å². The van der Waals surface area contributed by atoms with Crippen LogP contribution in [0.15, 0.2) is 186 Å². The van der Waals surface area contributed by atoms with Crippen molar-refractivity contribution in [3.63, 3.8) is 0 Å². The van der Waals surface area contributed by atoms with Crippen LogP contribution in [0.3, 0.4) is 0 Å². The van der Waals surface area contributed by atoms with Gasteiger partial charge in [-0.15, -0.1) is 0 Å². The summed E-state index contributed by atoms with van der Waals surface area (Å²) in [5.74, 6) is -0.0124. The van der Waals surface area contributed by atoms with Crippen molar-refractivity contribution >= 4 is 65.6 Å². The van der Waals surface area contributed by atoms with Gasteiger partial charge < -0.3 is 13.6 Å². The molecule has 4 heterocycles. The standard InChI is InChI=1S/C52H30N6O/c53-31-34-30-33(51-54-50(32-14-3-1-4-15-32)55-52(56-51)41-22-13-21-39-37-19-9-12-25-46(37)59-49(39)41)26-28-42(34)58-43-23-10-7-18-36(43)38-27-29-45-47(48(38)58)40-20-8-11-24-44(40)57(45)35-16-5-2-6-17-35/h1-30H/i1D,2D,3D,4D,5D,6D,14D,15D,16D,17D. The highest BCUT2D eigenvalue weighted by Gasteiger charge is 2.23. The molecule has 59 heavy (non-hydrogen) atoms. The van der Waals surface area contributed by atoms with Gasteiger partial charge in [-0.2, -0.15) is 5.26 Å². The maximum atomic E-state index is 11.1. The zero-order chi connectivity index (χ0) is 47.7. The molecule has 0 aliphatic heterocycles. The van der Waals surface area contributed by atoms with Crippen molar-refractivity contribution in [3.05, 3.63) is 187 Å². The van der Waals surface area contributed by atoms with Crippen molar-refractivity contribution in [1.82, 2.24) is 24.1 Å². The Balaban J connectivity index is 1.13. The molecule has 0 atom stereocenters. The van der Waals surface area contributed by atoms with E-state index >= 15 is 0 Å². The summed E-state index contributed by atoms with van der Waals surface area (Å²) in [6.07, 6.45) is 0. The SMILES string of the molecule is [2H]c1c([2H])c([2H])c(-c2nc(-c3ccc(-n4c5ccccc5c5ccc6c(c7ccccc7n6-c6c([2H])c([2H])c([2H])c([2H])c6[2H])c54)c(C#N)c3)nc(-c3cccc4c3oc3ccccc34)n2)c([2H])c1[2H]. The van der Waals surface area contributed by atoms with Crippen molar-refractivity contribution in [3.8, 4) is 51.6 Å². The number of rotatable bonds is 5. The summed E-state index contributed by atoms with van der Waals surface area (Å²) in [6.45, 7) is 0. The van der Waals surface area contributed by atoms with Crippen LogP contribution >= 0.6 is 0 Å². The second-order valence-corrected chi connectivity index (χ2v) is 14.0. The fourth-order valence-electron chi connectivity index (χ4n) is 8.34. The van der Waals surface area contributed by atoms with E-state index in [2.05, 4.69) is 6.07 Å². The highest BCUT2D eigenvalue weighted by molar-refractivity contribution is 6.26. The molecular weight excluding hydrogens is 725 g/mol. The van der Waals surface area contributed by atoms with Crippen LogP contribution in [0.1, 0.15) is 19.3 Å². The molecule has 0 unspecified atom stereocenters. The zero-order valence-electron chi connectivity index (χ0n) is 40.6. The largest absolute Gasteiger partial charge is 0.455 e. The second-order valence-electron chi connectivity index (χ2n) is 14.0. The third kappa shape index (κ3) is 4.97. The Kier molecular flexibility index (Phi) is 5.30. The molecule has 0 radical (unpaired) electrons. The highest BCUT2D eigenvalue weighted by Crippen LogP contribution is 2.43. The maximum absolute atomic E-state index is 11.1. The third-order valence-electron chi connectivity index (χ3n) is 10.8. The van der Waals surface area contributed by atoms with Gasteiger partial charge in [0, 0.05) is 49.1 Å². The minimum atomic E-state index is -0.564. The Morgan fingerprint density at radius 1 is 0.525 bits per heavy atom. The van der Waals surface area contributed by atoms with Crippen LogP contribution in [0.25, 0.3) is 111 Å². The molecule has 12 rings (SSSR count). The number of hydrogen-bond donors (Lipinski definition) is 0. The molecule has 0 saturated heterocycles. The predicted octanol–water partition coefficient (Wildman–Crippen LogP) is 12.8. The van der Waals surface area contributed by atoms with E-state index < -0.39 is 48.3 Å². The molecule has 0 fully saturated rings. The van der Waals surface area contributed by atoms with Crippen LogP contribution in [-0.2, 0) is 0 Å². The fraction of sp³-hybridized carbons (Fsp3) is 0. The topological polar surface area (TPSA) is 85.5 Å². The third-order valence-corrected chi connectivity index (χ3v) is 10.8. The van der Waals surface area contributed by atoms with Gasteiger partial charge in [-0.05, 0) is 60.6 Å². The molecular formula is C52H30N6O. The van der Waals surface area contributed by atoms with E-state index in [1.165, 1.54) is 0 Å². The lowest BCUT2D eigenvalue weighted by molar-refractivity contribution is 0.669. The van der Waals surface area contributed by atoms with Gasteiger partial charge in [0.25, 0.3) is 0 Å². The van der Waals surface area contributed by atoms with Gasteiger partial charge in [0.1, 0.15) is 17.2 Å². The molecule has 0 spiro atoms. The van der Waals surface area contributed by atoms with Crippen molar-refractivity contribution < 1.29 is 18.1 Å². The van der Waals surface area contributed by atoms with E-state index in [1.807, 2.05) is 102 Å². The van der Waals surface area contributed by atoms with Crippen molar-refractivity contribution in [1.29, 1.82) is 5.26 Å². The average Bonchev–Trinajstić information content (AvgIpc) is 4.04. The summed E-state index contributed by atoms with van der Waals surface area (Å²) in [7, 11) is 0. The average molecular weight is 765 g/mol. The minimum Gasteiger partial charge on any atom is -0.455 e. The van der Waals surface area contributed by atoms with Crippen LogP contribution in [0.2, 0.25) is 0 Å². The van der Waals surface area contributed by atoms with Gasteiger partial charge in [0.2, 0.25) is 0 Å². The predicted molar refractivity (Wildman–Crippen MR) is 237 cm³/mol. The highest BCUT2D eigenvalue weighted by atomic mass is 16.3.